The van der Waals surface area contributed by atoms with E-state index in [2.05, 4.69) is 24.4 Å². The van der Waals surface area contributed by atoms with Crippen LogP contribution in [0.3, 0.4) is 0 Å². The summed E-state index contributed by atoms with van der Waals surface area (Å²) in [6.07, 6.45) is 0. The first-order chi connectivity index (χ1) is 9.99. The SMILES string of the molecule is CC(Nc1ccc(Cl)c(C(=O)N(C)C)c1)c1ccccc1. The quantitative estimate of drug-likeness (QED) is 0.917. The van der Waals surface area contributed by atoms with Crippen LogP contribution in [-0.4, -0.2) is 24.9 Å². The number of hydrogen-bond acceptors (Lipinski definition) is 2. The van der Waals surface area contributed by atoms with Crippen molar-refractivity contribution >= 4 is 23.2 Å². The van der Waals surface area contributed by atoms with Crippen LogP contribution in [0.1, 0.15) is 28.9 Å². The van der Waals surface area contributed by atoms with E-state index in [1.165, 1.54) is 10.5 Å². The van der Waals surface area contributed by atoms with Gasteiger partial charge in [0.05, 0.1) is 10.6 Å². The maximum Gasteiger partial charge on any atom is 0.254 e. The van der Waals surface area contributed by atoms with E-state index in [4.69, 9.17) is 11.6 Å². The molecule has 0 spiro atoms. The number of carbonyl (C=O) groups is 1. The Morgan fingerprint density at radius 3 is 2.43 bits per heavy atom. The van der Waals surface area contributed by atoms with E-state index in [-0.39, 0.29) is 11.9 Å². The number of benzene rings is 2. The Labute approximate surface area is 130 Å². The molecule has 0 radical (unpaired) electrons. The number of anilines is 1. The summed E-state index contributed by atoms with van der Waals surface area (Å²) in [5, 5.41) is 3.85. The third-order valence-electron chi connectivity index (χ3n) is 3.29. The van der Waals surface area contributed by atoms with Gasteiger partial charge in [0.1, 0.15) is 0 Å². The molecule has 0 saturated heterocycles. The molecule has 0 aliphatic carbocycles. The average molecular weight is 303 g/mol. The van der Waals surface area contributed by atoms with Gasteiger partial charge in [0, 0.05) is 25.8 Å². The van der Waals surface area contributed by atoms with Crippen LogP contribution in [0, 0.1) is 0 Å². The van der Waals surface area contributed by atoms with Gasteiger partial charge in [-0.3, -0.25) is 4.79 Å². The second-order valence-electron chi connectivity index (χ2n) is 5.17. The summed E-state index contributed by atoms with van der Waals surface area (Å²) in [5.41, 5.74) is 2.57. The zero-order valence-corrected chi connectivity index (χ0v) is 13.2. The van der Waals surface area contributed by atoms with Crippen molar-refractivity contribution in [1.82, 2.24) is 4.90 Å². The molecule has 2 aromatic rings. The van der Waals surface area contributed by atoms with Crippen LogP contribution in [0.15, 0.2) is 48.5 Å². The largest absolute Gasteiger partial charge is 0.379 e. The minimum atomic E-state index is -0.101. The Morgan fingerprint density at radius 2 is 1.81 bits per heavy atom. The van der Waals surface area contributed by atoms with Gasteiger partial charge in [-0.2, -0.15) is 0 Å². The average Bonchev–Trinajstić information content (AvgIpc) is 2.49. The summed E-state index contributed by atoms with van der Waals surface area (Å²) >= 11 is 6.11. The molecule has 0 aliphatic heterocycles. The lowest BCUT2D eigenvalue weighted by atomic mass is 10.1. The van der Waals surface area contributed by atoms with Gasteiger partial charge in [0.2, 0.25) is 0 Å². The predicted octanol–water partition coefficient (Wildman–Crippen LogP) is 4.21. The smallest absolute Gasteiger partial charge is 0.254 e. The van der Waals surface area contributed by atoms with Crippen molar-refractivity contribution in [3.63, 3.8) is 0 Å². The highest BCUT2D eigenvalue weighted by atomic mass is 35.5. The van der Waals surface area contributed by atoms with Gasteiger partial charge in [0.25, 0.3) is 5.91 Å². The van der Waals surface area contributed by atoms with Gasteiger partial charge < -0.3 is 10.2 Å². The molecule has 21 heavy (non-hydrogen) atoms. The van der Waals surface area contributed by atoms with Crippen LogP contribution < -0.4 is 5.32 Å². The van der Waals surface area contributed by atoms with Crippen LogP contribution in [0.4, 0.5) is 5.69 Å². The molecule has 2 rings (SSSR count). The summed E-state index contributed by atoms with van der Waals surface area (Å²) in [7, 11) is 3.43. The Morgan fingerprint density at radius 1 is 1.14 bits per heavy atom. The maximum absolute atomic E-state index is 12.1. The van der Waals surface area contributed by atoms with Gasteiger partial charge in [-0.15, -0.1) is 0 Å². The summed E-state index contributed by atoms with van der Waals surface area (Å²) in [4.78, 5) is 13.6. The first-order valence-corrected chi connectivity index (χ1v) is 7.19. The number of hydrogen-bond donors (Lipinski definition) is 1. The fourth-order valence-electron chi connectivity index (χ4n) is 2.09. The maximum atomic E-state index is 12.1. The van der Waals surface area contributed by atoms with Crippen molar-refractivity contribution in [3.05, 3.63) is 64.7 Å². The normalized spacial score (nSPS) is 11.8. The molecule has 0 saturated carbocycles. The molecule has 0 heterocycles. The highest BCUT2D eigenvalue weighted by molar-refractivity contribution is 6.34. The molecule has 0 aromatic heterocycles. The van der Waals surface area contributed by atoms with E-state index in [1.807, 2.05) is 24.3 Å². The van der Waals surface area contributed by atoms with Crippen molar-refractivity contribution in [2.45, 2.75) is 13.0 Å². The Bertz CT molecular complexity index is 626. The van der Waals surface area contributed by atoms with Crippen molar-refractivity contribution in [2.24, 2.45) is 0 Å². The Kier molecular flexibility index (Phi) is 4.86. The van der Waals surface area contributed by atoms with Crippen molar-refractivity contribution < 1.29 is 4.79 Å². The number of carbonyl (C=O) groups excluding carboxylic acids is 1. The van der Waals surface area contributed by atoms with Gasteiger partial charge in [-0.05, 0) is 30.7 Å². The number of nitrogens with zero attached hydrogens (tertiary/aromatic N) is 1. The summed E-state index contributed by atoms with van der Waals surface area (Å²) < 4.78 is 0. The molecule has 4 heteroatoms. The van der Waals surface area contributed by atoms with Gasteiger partial charge in [-0.1, -0.05) is 41.9 Å². The second kappa shape index (κ2) is 6.64. The molecule has 1 N–H and O–H groups in total. The van der Waals surface area contributed by atoms with E-state index in [0.29, 0.717) is 10.6 Å². The van der Waals surface area contributed by atoms with E-state index in [9.17, 15) is 4.79 Å². The molecule has 0 bridgehead atoms. The first kappa shape index (κ1) is 15.4. The highest BCUT2D eigenvalue weighted by Gasteiger charge is 2.14. The van der Waals surface area contributed by atoms with Crippen molar-refractivity contribution in [1.29, 1.82) is 0 Å². The molecule has 110 valence electrons. The lowest BCUT2D eigenvalue weighted by Gasteiger charge is -2.18. The van der Waals surface area contributed by atoms with Crippen LogP contribution in [-0.2, 0) is 0 Å². The summed E-state index contributed by atoms with van der Waals surface area (Å²) in [5.74, 6) is -0.101. The van der Waals surface area contributed by atoms with Crippen LogP contribution in [0.5, 0.6) is 0 Å². The zero-order valence-electron chi connectivity index (χ0n) is 12.4. The van der Waals surface area contributed by atoms with Crippen LogP contribution in [0.25, 0.3) is 0 Å². The van der Waals surface area contributed by atoms with E-state index >= 15 is 0 Å². The third-order valence-corrected chi connectivity index (χ3v) is 3.62. The minimum absolute atomic E-state index is 0.101. The third kappa shape index (κ3) is 3.76. The molecular weight excluding hydrogens is 284 g/mol. The topological polar surface area (TPSA) is 32.3 Å². The number of halogens is 1. The predicted molar refractivity (Wildman–Crippen MR) is 87.9 cm³/mol. The minimum Gasteiger partial charge on any atom is -0.379 e. The Hall–Kier alpha value is -2.00. The second-order valence-corrected chi connectivity index (χ2v) is 5.58. The van der Waals surface area contributed by atoms with Gasteiger partial charge in [-0.25, -0.2) is 0 Å². The fourth-order valence-corrected chi connectivity index (χ4v) is 2.29. The first-order valence-electron chi connectivity index (χ1n) is 6.81. The molecule has 1 amide bonds. The van der Waals surface area contributed by atoms with E-state index in [0.717, 1.165) is 5.69 Å². The molecule has 0 aliphatic rings. The number of nitrogens with one attached hydrogen (secondary N) is 1. The molecule has 0 fully saturated rings. The summed E-state index contributed by atoms with van der Waals surface area (Å²) in [6.45, 7) is 2.08. The lowest BCUT2D eigenvalue weighted by molar-refractivity contribution is 0.0828. The van der Waals surface area contributed by atoms with Crippen LogP contribution >= 0.6 is 11.6 Å². The summed E-state index contributed by atoms with van der Waals surface area (Å²) in [6, 6.07) is 15.7. The van der Waals surface area contributed by atoms with Crippen molar-refractivity contribution in [2.75, 3.05) is 19.4 Å². The molecular formula is C17H19ClN2O. The highest BCUT2D eigenvalue weighted by Crippen LogP contribution is 2.25. The molecule has 1 atom stereocenters. The van der Waals surface area contributed by atoms with Gasteiger partial charge in [0.15, 0.2) is 0 Å². The van der Waals surface area contributed by atoms with Crippen LogP contribution in [0.2, 0.25) is 5.02 Å². The lowest BCUT2D eigenvalue weighted by Crippen LogP contribution is -2.22. The number of amides is 1. The Balaban J connectivity index is 2.22. The molecule has 3 nitrogen and oxygen atoms in total. The molecule has 1 unspecified atom stereocenters. The van der Waals surface area contributed by atoms with Gasteiger partial charge >= 0.3 is 0 Å². The fraction of sp³-hybridized carbons (Fsp3) is 0.235. The zero-order chi connectivity index (χ0) is 15.4. The van der Waals surface area contributed by atoms with Crippen molar-refractivity contribution in [3.8, 4) is 0 Å². The van der Waals surface area contributed by atoms with E-state index in [1.54, 1.807) is 26.2 Å². The monoisotopic (exact) mass is 302 g/mol. The van der Waals surface area contributed by atoms with E-state index < -0.39 is 0 Å². The number of rotatable bonds is 4. The molecule has 2 aromatic carbocycles. The standard InChI is InChI=1S/C17H19ClN2O/c1-12(13-7-5-4-6-8-13)19-14-9-10-16(18)15(11-14)17(21)20(2)3/h4-12,19H,1-3H3.